The van der Waals surface area contributed by atoms with Gasteiger partial charge < -0.3 is 19.5 Å². The smallest absolute Gasteiger partial charge is 0.283 e. The lowest BCUT2D eigenvalue weighted by molar-refractivity contribution is -0.0278. The van der Waals surface area contributed by atoms with Gasteiger partial charge in [0, 0.05) is 13.7 Å². The lowest BCUT2D eigenvalue weighted by Crippen LogP contribution is -2.10. The van der Waals surface area contributed by atoms with Crippen molar-refractivity contribution >= 4 is 5.82 Å². The number of aromatic nitrogens is 1. The van der Waals surface area contributed by atoms with E-state index >= 15 is 0 Å². The van der Waals surface area contributed by atoms with E-state index in [0.29, 0.717) is 6.61 Å². The van der Waals surface area contributed by atoms with Crippen molar-refractivity contribution in [2.75, 3.05) is 25.6 Å². The Morgan fingerprint density at radius 3 is 2.94 bits per heavy atom. The number of rotatable bonds is 5. The van der Waals surface area contributed by atoms with Gasteiger partial charge in [-0.2, -0.15) is 0 Å². The summed E-state index contributed by atoms with van der Waals surface area (Å²) in [5.74, 6) is 0.786. The molecular formula is C11H14N2O3. The van der Waals surface area contributed by atoms with E-state index in [9.17, 15) is 0 Å². The highest BCUT2D eigenvalue weighted by Crippen LogP contribution is 2.22. The van der Waals surface area contributed by atoms with Crippen molar-refractivity contribution in [1.29, 1.82) is 0 Å². The first kappa shape index (κ1) is 10.8. The maximum atomic E-state index is 5.20. The fourth-order valence-corrected chi connectivity index (χ4v) is 1.34. The molecule has 2 rings (SSSR count). The Balaban J connectivity index is 1.96. The summed E-state index contributed by atoms with van der Waals surface area (Å²) in [6.45, 7) is 1.36. The molecule has 1 N–H and O–H groups in total. The lowest BCUT2D eigenvalue weighted by Gasteiger charge is -2.11. The Bertz CT molecular complexity index is 360. The molecule has 1 aromatic heterocycles. The first-order valence-electron chi connectivity index (χ1n) is 5.06. The Morgan fingerprint density at radius 2 is 2.19 bits per heavy atom. The van der Waals surface area contributed by atoms with Crippen molar-refractivity contribution in [3.8, 4) is 0 Å². The van der Waals surface area contributed by atoms with Crippen molar-refractivity contribution in [3.63, 3.8) is 0 Å². The van der Waals surface area contributed by atoms with Crippen LogP contribution in [0.4, 0.5) is 5.82 Å². The molecule has 86 valence electrons. The topological polar surface area (TPSA) is 52.6 Å². The van der Waals surface area contributed by atoms with Crippen LogP contribution in [0.25, 0.3) is 0 Å². The lowest BCUT2D eigenvalue weighted by atomic mass is 10.3. The van der Waals surface area contributed by atoms with Crippen molar-refractivity contribution in [2.45, 2.75) is 6.29 Å². The van der Waals surface area contributed by atoms with Gasteiger partial charge in [0.15, 0.2) is 0 Å². The van der Waals surface area contributed by atoms with Gasteiger partial charge in [0.1, 0.15) is 24.0 Å². The Kier molecular flexibility index (Phi) is 3.61. The number of hydrogen-bond acceptors (Lipinski definition) is 5. The second-order valence-corrected chi connectivity index (χ2v) is 3.24. The Hall–Kier alpha value is -1.75. The number of anilines is 1. The molecule has 0 saturated carbocycles. The van der Waals surface area contributed by atoms with Crippen LogP contribution < -0.4 is 5.32 Å². The third kappa shape index (κ3) is 2.64. The quantitative estimate of drug-likeness (QED) is 0.768. The van der Waals surface area contributed by atoms with Crippen LogP contribution in [0.15, 0.2) is 30.7 Å². The monoisotopic (exact) mass is 222 g/mol. The van der Waals surface area contributed by atoms with Crippen LogP contribution in [0, 0.1) is 0 Å². The molecule has 0 aliphatic carbocycles. The van der Waals surface area contributed by atoms with E-state index < -0.39 is 6.29 Å². The highest BCUT2D eigenvalue weighted by Gasteiger charge is 2.16. The molecule has 0 radical (unpaired) electrons. The molecule has 16 heavy (non-hydrogen) atoms. The predicted octanol–water partition coefficient (Wildman–Crippen LogP) is 1.66. The minimum absolute atomic E-state index is 0.427. The van der Waals surface area contributed by atoms with Crippen LogP contribution in [0.2, 0.25) is 0 Å². The fraction of sp³-hybridized carbons (Fsp3) is 0.364. The van der Waals surface area contributed by atoms with Crippen LogP contribution >= 0.6 is 0 Å². The largest absolute Gasteiger partial charge is 0.454 e. The highest BCUT2D eigenvalue weighted by molar-refractivity contribution is 5.35. The molecule has 0 bridgehead atoms. The van der Waals surface area contributed by atoms with Gasteiger partial charge in [-0.1, -0.05) is 6.07 Å². The van der Waals surface area contributed by atoms with Gasteiger partial charge >= 0.3 is 0 Å². The average Bonchev–Trinajstić information content (AvgIpc) is 2.83. The summed E-state index contributed by atoms with van der Waals surface area (Å²) >= 11 is 0. The first-order valence-corrected chi connectivity index (χ1v) is 5.06. The zero-order valence-electron chi connectivity index (χ0n) is 9.05. The van der Waals surface area contributed by atoms with Crippen molar-refractivity contribution < 1.29 is 14.2 Å². The number of pyridine rings is 1. The molecular weight excluding hydrogens is 208 g/mol. The van der Waals surface area contributed by atoms with Gasteiger partial charge in [0.2, 0.25) is 0 Å². The molecule has 5 nitrogen and oxygen atoms in total. The predicted molar refractivity (Wildman–Crippen MR) is 58.7 cm³/mol. The minimum Gasteiger partial charge on any atom is -0.454 e. The van der Waals surface area contributed by atoms with Crippen molar-refractivity contribution in [2.24, 2.45) is 0 Å². The van der Waals surface area contributed by atoms with Crippen LogP contribution in [-0.4, -0.2) is 25.2 Å². The average molecular weight is 222 g/mol. The van der Waals surface area contributed by atoms with E-state index in [1.807, 2.05) is 18.2 Å². The molecule has 0 spiro atoms. The van der Waals surface area contributed by atoms with Gasteiger partial charge in [0.25, 0.3) is 6.29 Å². The molecule has 0 atom stereocenters. The third-order valence-corrected chi connectivity index (χ3v) is 2.08. The van der Waals surface area contributed by atoms with Gasteiger partial charge in [-0.25, -0.2) is 4.98 Å². The molecule has 0 unspecified atom stereocenters. The van der Waals surface area contributed by atoms with Crippen LogP contribution in [0.1, 0.15) is 12.0 Å². The maximum absolute atomic E-state index is 5.20. The van der Waals surface area contributed by atoms with E-state index in [2.05, 4.69) is 10.3 Å². The number of nitrogens with one attached hydrogen (secondary N) is 1. The fourth-order valence-electron chi connectivity index (χ4n) is 1.34. The summed E-state index contributed by atoms with van der Waals surface area (Å²) in [6, 6.07) is 5.66. The molecule has 1 aliphatic heterocycles. The molecule has 0 amide bonds. The molecule has 1 aliphatic rings. The summed E-state index contributed by atoms with van der Waals surface area (Å²) in [4.78, 5) is 4.37. The van der Waals surface area contributed by atoms with Gasteiger partial charge in [-0.15, -0.1) is 0 Å². The zero-order chi connectivity index (χ0) is 11.2. The molecule has 5 heteroatoms. The second-order valence-electron chi connectivity index (χ2n) is 3.24. The molecule has 2 heterocycles. The van der Waals surface area contributed by atoms with Crippen molar-refractivity contribution in [3.05, 3.63) is 36.4 Å². The summed E-state index contributed by atoms with van der Waals surface area (Å²) in [5, 5.41) is 3.14. The summed E-state index contributed by atoms with van der Waals surface area (Å²) in [7, 11) is 1.66. The van der Waals surface area contributed by atoms with Crippen LogP contribution in [0.3, 0.4) is 0 Å². The molecule has 0 aromatic carbocycles. The molecule has 0 fully saturated rings. The normalized spacial score (nSPS) is 14.6. The Labute approximate surface area is 94.0 Å². The second kappa shape index (κ2) is 5.37. The number of ether oxygens (including phenoxy) is 3. The summed E-state index contributed by atoms with van der Waals surface area (Å²) < 4.78 is 15.3. The minimum atomic E-state index is -0.427. The zero-order valence-corrected chi connectivity index (χ0v) is 9.05. The van der Waals surface area contributed by atoms with Crippen molar-refractivity contribution in [1.82, 2.24) is 4.98 Å². The maximum Gasteiger partial charge on any atom is 0.283 e. The van der Waals surface area contributed by atoms with E-state index in [-0.39, 0.29) is 0 Å². The van der Waals surface area contributed by atoms with Gasteiger partial charge in [-0.05, 0) is 12.1 Å². The highest BCUT2D eigenvalue weighted by atomic mass is 16.7. The summed E-state index contributed by atoms with van der Waals surface area (Å²) in [6.07, 6.45) is 2.60. The molecule has 0 saturated heterocycles. The van der Waals surface area contributed by atoms with Crippen LogP contribution in [0.5, 0.6) is 0 Å². The van der Waals surface area contributed by atoms with Gasteiger partial charge in [-0.3, -0.25) is 0 Å². The third-order valence-electron chi connectivity index (χ3n) is 2.08. The first-order chi connectivity index (χ1) is 7.90. The molecule has 1 aromatic rings. The summed E-state index contributed by atoms with van der Waals surface area (Å²) in [5.41, 5.74) is 0.743. The number of nitrogens with zero attached hydrogens (tertiary/aromatic N) is 1. The van der Waals surface area contributed by atoms with E-state index in [1.165, 1.54) is 12.5 Å². The SMILES string of the molecule is COCCNc1cccc(C2OC=CO2)n1. The van der Waals surface area contributed by atoms with E-state index in [1.54, 1.807) is 7.11 Å². The van der Waals surface area contributed by atoms with Crippen LogP contribution in [-0.2, 0) is 14.2 Å². The Morgan fingerprint density at radius 1 is 1.38 bits per heavy atom. The van der Waals surface area contributed by atoms with E-state index in [4.69, 9.17) is 14.2 Å². The van der Waals surface area contributed by atoms with E-state index in [0.717, 1.165) is 18.1 Å². The van der Waals surface area contributed by atoms with Gasteiger partial charge in [0.05, 0.1) is 6.61 Å². The number of hydrogen-bond donors (Lipinski definition) is 1. The standard InChI is InChI=1S/C11H14N2O3/c1-14-6-5-12-10-4-2-3-9(13-10)11-15-7-8-16-11/h2-4,7-8,11H,5-6H2,1H3,(H,12,13). The number of methoxy groups -OCH3 is 1.